The SMILES string of the molecule is CC(C)(C)c1ccc(C(=O)N2CCC3(CC2)SCCN3C(=O)c2ccc(Br)cc2)cc1. The normalized spacial score (nSPS) is 18.5. The first kappa shape index (κ1) is 22.4. The summed E-state index contributed by atoms with van der Waals surface area (Å²) < 4.78 is 0.969. The number of rotatable bonds is 2. The molecule has 2 amide bonds. The van der Waals surface area contributed by atoms with E-state index in [0.29, 0.717) is 13.1 Å². The molecule has 4 nitrogen and oxygen atoms in total. The van der Waals surface area contributed by atoms with Crippen molar-refractivity contribution >= 4 is 39.5 Å². The molecule has 2 aromatic carbocycles. The van der Waals surface area contributed by atoms with Crippen molar-refractivity contribution in [3.8, 4) is 0 Å². The van der Waals surface area contributed by atoms with Crippen molar-refractivity contribution in [3.05, 3.63) is 69.7 Å². The summed E-state index contributed by atoms with van der Waals surface area (Å²) in [5, 5.41) is 0. The first-order valence-corrected chi connectivity index (χ1v) is 12.6. The van der Waals surface area contributed by atoms with E-state index in [0.717, 1.165) is 40.7 Å². The number of likely N-dealkylation sites (tertiary alicyclic amines) is 1. The number of halogens is 1. The Balaban J connectivity index is 1.44. The van der Waals surface area contributed by atoms with Gasteiger partial charge in [-0.25, -0.2) is 0 Å². The van der Waals surface area contributed by atoms with Crippen LogP contribution in [0.25, 0.3) is 0 Å². The summed E-state index contributed by atoms with van der Waals surface area (Å²) >= 11 is 5.31. The van der Waals surface area contributed by atoms with Gasteiger partial charge in [0.15, 0.2) is 0 Å². The molecule has 0 N–H and O–H groups in total. The van der Waals surface area contributed by atoms with Gasteiger partial charge < -0.3 is 9.80 Å². The number of thioether (sulfide) groups is 1. The van der Waals surface area contributed by atoms with E-state index in [1.165, 1.54) is 5.56 Å². The third kappa shape index (κ3) is 4.56. The fourth-order valence-electron chi connectivity index (χ4n) is 4.41. The number of amides is 2. The monoisotopic (exact) mass is 500 g/mol. The van der Waals surface area contributed by atoms with E-state index in [1.807, 2.05) is 58.0 Å². The Bertz CT molecular complexity index is 959. The van der Waals surface area contributed by atoms with Gasteiger partial charge in [0.05, 0.1) is 4.87 Å². The highest BCUT2D eigenvalue weighted by atomic mass is 79.9. The van der Waals surface area contributed by atoms with Crippen molar-refractivity contribution in [2.75, 3.05) is 25.4 Å². The molecule has 2 heterocycles. The molecule has 31 heavy (non-hydrogen) atoms. The van der Waals surface area contributed by atoms with E-state index < -0.39 is 0 Å². The molecule has 2 aromatic rings. The van der Waals surface area contributed by atoms with Crippen LogP contribution in [0.4, 0.5) is 0 Å². The minimum atomic E-state index is -0.197. The molecule has 0 radical (unpaired) electrons. The lowest BCUT2D eigenvalue weighted by Gasteiger charge is -2.44. The Kier molecular flexibility index (Phi) is 6.23. The fraction of sp³-hybridized carbons (Fsp3) is 0.440. The van der Waals surface area contributed by atoms with Crippen LogP contribution in [-0.4, -0.2) is 51.9 Å². The summed E-state index contributed by atoms with van der Waals surface area (Å²) in [6.45, 7) is 8.65. The number of hydrogen-bond acceptors (Lipinski definition) is 3. The molecule has 6 heteroatoms. The molecule has 0 atom stereocenters. The van der Waals surface area contributed by atoms with E-state index in [9.17, 15) is 9.59 Å². The summed E-state index contributed by atoms with van der Waals surface area (Å²) in [5.41, 5.74) is 2.77. The topological polar surface area (TPSA) is 40.6 Å². The van der Waals surface area contributed by atoms with Crippen LogP contribution in [0.1, 0.15) is 59.9 Å². The van der Waals surface area contributed by atoms with Crippen LogP contribution in [0.5, 0.6) is 0 Å². The second kappa shape index (κ2) is 8.62. The minimum Gasteiger partial charge on any atom is -0.338 e. The van der Waals surface area contributed by atoms with Gasteiger partial charge >= 0.3 is 0 Å². The van der Waals surface area contributed by atoms with Gasteiger partial charge in [-0.15, -0.1) is 11.8 Å². The predicted molar refractivity (Wildman–Crippen MR) is 131 cm³/mol. The summed E-state index contributed by atoms with van der Waals surface area (Å²) in [4.78, 5) is 30.1. The molecule has 2 fully saturated rings. The second-order valence-corrected chi connectivity index (χ2v) is 11.8. The van der Waals surface area contributed by atoms with Crippen molar-refractivity contribution in [1.82, 2.24) is 9.80 Å². The first-order valence-electron chi connectivity index (χ1n) is 10.8. The Hall–Kier alpha value is -1.79. The van der Waals surface area contributed by atoms with Crippen molar-refractivity contribution in [1.29, 1.82) is 0 Å². The average molecular weight is 501 g/mol. The third-order valence-electron chi connectivity index (χ3n) is 6.34. The molecule has 0 aromatic heterocycles. The maximum atomic E-state index is 13.2. The highest BCUT2D eigenvalue weighted by Gasteiger charge is 2.47. The van der Waals surface area contributed by atoms with Crippen LogP contribution >= 0.6 is 27.7 Å². The van der Waals surface area contributed by atoms with E-state index in [1.54, 1.807) is 0 Å². The maximum Gasteiger partial charge on any atom is 0.254 e. The van der Waals surface area contributed by atoms with E-state index in [2.05, 4.69) is 48.8 Å². The molecule has 0 bridgehead atoms. The summed E-state index contributed by atoms with van der Waals surface area (Å²) in [6.07, 6.45) is 1.62. The number of benzene rings is 2. The van der Waals surface area contributed by atoms with Crippen molar-refractivity contribution < 1.29 is 9.59 Å². The highest BCUT2D eigenvalue weighted by Crippen LogP contribution is 2.44. The lowest BCUT2D eigenvalue weighted by molar-refractivity contribution is 0.0498. The number of piperidine rings is 1. The minimum absolute atomic E-state index is 0.0730. The molecule has 0 saturated carbocycles. The van der Waals surface area contributed by atoms with Gasteiger partial charge in [-0.1, -0.05) is 48.8 Å². The second-order valence-electron chi connectivity index (χ2n) is 9.38. The van der Waals surface area contributed by atoms with E-state index >= 15 is 0 Å². The zero-order chi connectivity index (χ0) is 22.2. The number of carbonyl (C=O) groups excluding carboxylic acids is 2. The standard InChI is InChI=1S/C25H29BrN2O2S/c1-24(2,3)20-8-4-18(5-9-20)22(29)27-14-12-25(13-15-27)28(16-17-31-25)23(30)19-6-10-21(26)11-7-19/h4-11H,12-17H2,1-3H3. The van der Waals surface area contributed by atoms with Gasteiger partial charge in [-0.2, -0.15) is 0 Å². The Morgan fingerprint density at radius 2 is 1.42 bits per heavy atom. The van der Waals surface area contributed by atoms with Gasteiger partial charge in [-0.3, -0.25) is 9.59 Å². The third-order valence-corrected chi connectivity index (χ3v) is 8.43. The molecule has 2 aliphatic rings. The molecular weight excluding hydrogens is 472 g/mol. The highest BCUT2D eigenvalue weighted by molar-refractivity contribution is 9.10. The molecule has 1 spiro atoms. The van der Waals surface area contributed by atoms with Crippen LogP contribution < -0.4 is 0 Å². The van der Waals surface area contributed by atoms with Crippen LogP contribution in [-0.2, 0) is 5.41 Å². The fourth-order valence-corrected chi connectivity index (χ4v) is 6.13. The smallest absolute Gasteiger partial charge is 0.254 e. The predicted octanol–water partition coefficient (Wildman–Crippen LogP) is 5.57. The molecule has 4 rings (SSSR count). The van der Waals surface area contributed by atoms with Crippen LogP contribution in [0.15, 0.2) is 53.0 Å². The van der Waals surface area contributed by atoms with Gasteiger partial charge in [0.2, 0.25) is 0 Å². The van der Waals surface area contributed by atoms with Crippen LogP contribution in [0, 0.1) is 0 Å². The van der Waals surface area contributed by atoms with Crippen LogP contribution in [0.2, 0.25) is 0 Å². The summed E-state index contributed by atoms with van der Waals surface area (Å²) in [7, 11) is 0. The zero-order valence-electron chi connectivity index (χ0n) is 18.4. The summed E-state index contributed by atoms with van der Waals surface area (Å²) in [6, 6.07) is 15.6. The van der Waals surface area contributed by atoms with E-state index in [4.69, 9.17) is 0 Å². The quantitative estimate of drug-likeness (QED) is 0.541. The molecule has 164 valence electrons. The lowest BCUT2D eigenvalue weighted by atomic mass is 9.86. The number of hydrogen-bond donors (Lipinski definition) is 0. The Labute approximate surface area is 197 Å². The number of nitrogens with zero attached hydrogens (tertiary/aromatic N) is 2. The molecular formula is C25H29BrN2O2S. The first-order chi connectivity index (χ1) is 14.7. The van der Waals surface area contributed by atoms with Gasteiger partial charge in [0.1, 0.15) is 0 Å². The molecule has 0 unspecified atom stereocenters. The van der Waals surface area contributed by atoms with Gasteiger partial charge in [0.25, 0.3) is 11.8 Å². The zero-order valence-corrected chi connectivity index (χ0v) is 20.8. The van der Waals surface area contributed by atoms with Crippen LogP contribution in [0.3, 0.4) is 0 Å². The molecule has 2 aliphatic heterocycles. The maximum absolute atomic E-state index is 13.2. The lowest BCUT2D eigenvalue weighted by Crippen LogP contribution is -2.53. The molecule has 0 aliphatic carbocycles. The van der Waals surface area contributed by atoms with Crippen molar-refractivity contribution in [2.24, 2.45) is 0 Å². The molecule has 2 saturated heterocycles. The van der Waals surface area contributed by atoms with Gasteiger partial charge in [0, 0.05) is 41.0 Å². The summed E-state index contributed by atoms with van der Waals surface area (Å²) in [5.74, 6) is 1.13. The van der Waals surface area contributed by atoms with Crippen molar-refractivity contribution in [2.45, 2.75) is 43.9 Å². The van der Waals surface area contributed by atoms with Gasteiger partial charge in [-0.05, 0) is 60.2 Å². The van der Waals surface area contributed by atoms with E-state index in [-0.39, 0.29) is 22.1 Å². The number of carbonyl (C=O) groups is 2. The van der Waals surface area contributed by atoms with Crippen molar-refractivity contribution in [3.63, 3.8) is 0 Å². The Morgan fingerprint density at radius 1 is 0.871 bits per heavy atom. The Morgan fingerprint density at radius 3 is 2.00 bits per heavy atom. The largest absolute Gasteiger partial charge is 0.338 e. The average Bonchev–Trinajstić information content (AvgIpc) is 3.16.